The number of hydrogen-bond acceptors (Lipinski definition) is 5. The summed E-state index contributed by atoms with van der Waals surface area (Å²) in [7, 11) is 0. The van der Waals surface area contributed by atoms with Crippen LogP contribution in [0.3, 0.4) is 0 Å². The fourth-order valence-corrected chi connectivity index (χ4v) is 10.9. The van der Waals surface area contributed by atoms with Crippen molar-refractivity contribution >= 4 is 5.97 Å². The monoisotopic (exact) mass is 504 g/mol. The van der Waals surface area contributed by atoms with E-state index in [0.717, 1.165) is 32.1 Å². The molecule has 0 aliphatic heterocycles. The fourth-order valence-electron chi connectivity index (χ4n) is 10.9. The van der Waals surface area contributed by atoms with Crippen LogP contribution in [-0.4, -0.2) is 56.4 Å². The number of carboxylic acid groups (broad SMARTS) is 1. The molecule has 204 valence electrons. The Hall–Kier alpha value is -0.950. The largest absolute Gasteiger partial charge is 0.481 e. The molecule has 4 fully saturated rings. The fraction of sp³-hybridized carbons (Fsp3) is 0.900. The summed E-state index contributed by atoms with van der Waals surface area (Å²) in [6.07, 6.45) is 5.27. The normalized spacial score (nSPS) is 55.9. The molecule has 0 aromatic heterocycles. The molecule has 6 nitrogen and oxygen atoms in total. The van der Waals surface area contributed by atoms with Crippen LogP contribution in [0.2, 0.25) is 0 Å². The second-order valence-corrected chi connectivity index (χ2v) is 15.2. The molecule has 36 heavy (non-hydrogen) atoms. The zero-order valence-corrected chi connectivity index (χ0v) is 23.0. The Morgan fingerprint density at radius 1 is 0.917 bits per heavy atom. The van der Waals surface area contributed by atoms with Crippen molar-refractivity contribution in [2.24, 2.45) is 50.2 Å². The number of carbonyl (C=O) groups is 1. The molecule has 0 unspecified atom stereocenters. The van der Waals surface area contributed by atoms with Crippen LogP contribution < -0.4 is 0 Å². The van der Waals surface area contributed by atoms with Gasteiger partial charge in [-0.2, -0.15) is 0 Å². The van der Waals surface area contributed by atoms with Crippen LogP contribution in [0.4, 0.5) is 0 Å². The smallest absolute Gasteiger partial charge is 0.310 e. The molecule has 4 saturated carbocycles. The molecule has 6 heteroatoms. The molecule has 0 bridgehead atoms. The Labute approximate surface area is 216 Å². The second kappa shape index (κ2) is 7.80. The zero-order valence-electron chi connectivity index (χ0n) is 23.0. The molecule has 5 N–H and O–H groups in total. The first-order valence-corrected chi connectivity index (χ1v) is 14.1. The summed E-state index contributed by atoms with van der Waals surface area (Å²) in [5.74, 6) is -0.842. The van der Waals surface area contributed by atoms with E-state index in [4.69, 9.17) is 0 Å². The quantitative estimate of drug-likeness (QED) is 0.361. The summed E-state index contributed by atoms with van der Waals surface area (Å²) in [5, 5.41) is 54.6. The van der Waals surface area contributed by atoms with Gasteiger partial charge in [-0.05, 0) is 84.9 Å². The van der Waals surface area contributed by atoms with Crippen molar-refractivity contribution in [3.8, 4) is 0 Å². The lowest BCUT2D eigenvalue weighted by Crippen LogP contribution is -2.71. The molecule has 0 saturated heterocycles. The maximum Gasteiger partial charge on any atom is 0.310 e. The van der Waals surface area contributed by atoms with Gasteiger partial charge in [0.25, 0.3) is 0 Å². The van der Waals surface area contributed by atoms with E-state index in [-0.39, 0.29) is 40.6 Å². The highest BCUT2D eigenvalue weighted by atomic mass is 16.4. The van der Waals surface area contributed by atoms with Gasteiger partial charge < -0.3 is 25.5 Å². The number of hydrogen-bond donors (Lipinski definition) is 5. The second-order valence-electron chi connectivity index (χ2n) is 15.2. The van der Waals surface area contributed by atoms with Gasteiger partial charge in [-0.25, -0.2) is 0 Å². The maximum absolute atomic E-state index is 12.8. The average molecular weight is 505 g/mol. The third-order valence-electron chi connectivity index (χ3n) is 13.0. The summed E-state index contributed by atoms with van der Waals surface area (Å²) in [4.78, 5) is 12.8. The number of rotatable bonds is 2. The van der Waals surface area contributed by atoms with E-state index in [9.17, 15) is 30.3 Å². The van der Waals surface area contributed by atoms with Gasteiger partial charge in [0.05, 0.1) is 30.3 Å². The molecule has 11 atom stereocenters. The predicted octanol–water partition coefficient (Wildman–Crippen LogP) is 4.15. The molecule has 5 rings (SSSR count). The lowest BCUT2D eigenvalue weighted by Gasteiger charge is -2.72. The van der Waals surface area contributed by atoms with Crippen LogP contribution in [0.15, 0.2) is 11.6 Å². The Bertz CT molecular complexity index is 974. The number of carboxylic acids is 1. The van der Waals surface area contributed by atoms with Crippen molar-refractivity contribution in [2.45, 2.75) is 111 Å². The SMILES string of the molecule is CC1(C)CC[C@@]2(C(=O)O)CC[C@@]3(C)C(=CC[C@H]4[C@@]5(C)C[C@@H](O)[C@H](O)[C@@](C)(CO)[C@H]5[C@H](O)C[C@]43C)[C@@H]2C1. The highest BCUT2D eigenvalue weighted by Crippen LogP contribution is 2.75. The Morgan fingerprint density at radius 3 is 2.17 bits per heavy atom. The first kappa shape index (κ1) is 26.6. The van der Waals surface area contributed by atoms with E-state index in [2.05, 4.69) is 40.7 Å². The van der Waals surface area contributed by atoms with Crippen LogP contribution in [0, 0.1) is 50.2 Å². The summed E-state index contributed by atoms with van der Waals surface area (Å²) >= 11 is 0. The maximum atomic E-state index is 12.8. The molecule has 0 spiro atoms. The summed E-state index contributed by atoms with van der Waals surface area (Å²) < 4.78 is 0. The summed E-state index contributed by atoms with van der Waals surface area (Å²) in [6.45, 7) is 12.8. The summed E-state index contributed by atoms with van der Waals surface area (Å²) in [5.41, 5.74) is -1.32. The molecule has 5 aliphatic carbocycles. The number of allylic oxidation sites excluding steroid dienone is 2. The number of aliphatic hydroxyl groups is 4. The topological polar surface area (TPSA) is 118 Å². The molecule has 0 radical (unpaired) electrons. The van der Waals surface area contributed by atoms with Crippen molar-refractivity contribution in [1.29, 1.82) is 0 Å². The highest BCUT2D eigenvalue weighted by Gasteiger charge is 2.72. The minimum absolute atomic E-state index is 0.000534. The van der Waals surface area contributed by atoms with Crippen molar-refractivity contribution in [3.63, 3.8) is 0 Å². The number of aliphatic hydroxyl groups excluding tert-OH is 4. The van der Waals surface area contributed by atoms with Crippen LogP contribution in [0.5, 0.6) is 0 Å². The molecule has 0 heterocycles. The molecule has 5 aliphatic rings. The summed E-state index contributed by atoms with van der Waals surface area (Å²) in [6, 6.07) is 0. The van der Waals surface area contributed by atoms with Gasteiger partial charge in [-0.15, -0.1) is 0 Å². The minimum Gasteiger partial charge on any atom is -0.481 e. The van der Waals surface area contributed by atoms with Gasteiger partial charge in [-0.1, -0.05) is 53.2 Å². The predicted molar refractivity (Wildman–Crippen MR) is 137 cm³/mol. The van der Waals surface area contributed by atoms with Gasteiger partial charge in [0.2, 0.25) is 0 Å². The molecular formula is C30H48O6. The van der Waals surface area contributed by atoms with Crippen molar-refractivity contribution in [1.82, 2.24) is 0 Å². The molecule has 0 amide bonds. The van der Waals surface area contributed by atoms with E-state index >= 15 is 0 Å². The number of aliphatic carboxylic acids is 1. The first-order valence-electron chi connectivity index (χ1n) is 14.1. The van der Waals surface area contributed by atoms with Crippen LogP contribution in [0.1, 0.15) is 92.9 Å². The van der Waals surface area contributed by atoms with Crippen molar-refractivity contribution in [3.05, 3.63) is 11.6 Å². The van der Waals surface area contributed by atoms with Gasteiger partial charge >= 0.3 is 5.97 Å². The third kappa shape index (κ3) is 3.08. The Morgan fingerprint density at radius 2 is 1.56 bits per heavy atom. The van der Waals surface area contributed by atoms with Crippen LogP contribution in [0.25, 0.3) is 0 Å². The van der Waals surface area contributed by atoms with Crippen LogP contribution >= 0.6 is 0 Å². The first-order chi connectivity index (χ1) is 16.5. The van der Waals surface area contributed by atoms with E-state index < -0.39 is 40.5 Å². The third-order valence-corrected chi connectivity index (χ3v) is 13.0. The zero-order chi connectivity index (χ0) is 26.7. The van der Waals surface area contributed by atoms with Gasteiger partial charge in [0, 0.05) is 11.3 Å². The Kier molecular flexibility index (Phi) is 5.77. The molecule has 0 aromatic rings. The van der Waals surface area contributed by atoms with Crippen molar-refractivity contribution < 1.29 is 30.3 Å². The van der Waals surface area contributed by atoms with Gasteiger partial charge in [0.15, 0.2) is 0 Å². The Balaban J connectivity index is 1.64. The molecule has 0 aromatic carbocycles. The average Bonchev–Trinajstić information content (AvgIpc) is 2.77. The van der Waals surface area contributed by atoms with Crippen LogP contribution in [-0.2, 0) is 4.79 Å². The van der Waals surface area contributed by atoms with E-state index in [1.165, 1.54) is 5.57 Å². The standard InChI is InChI=1S/C30H48O6/c1-25(2)9-11-30(24(35)36)12-10-28(5)17(18(30)13-25)7-8-21-26(3)14-20(33)23(34)27(4,16-31)22(26)19(32)15-29(21,28)6/h7,18-23,31-34H,8-16H2,1-6H3,(H,35,36)/t18-,19+,20+,21-,22-,23-,26+,27-,28-,29+,30+/m0/s1. The minimum atomic E-state index is -1.08. The number of fused-ring (bicyclic) bond motifs is 7. The van der Waals surface area contributed by atoms with Crippen molar-refractivity contribution in [2.75, 3.05) is 6.61 Å². The molecular weight excluding hydrogens is 456 g/mol. The van der Waals surface area contributed by atoms with Gasteiger partial charge in [0.1, 0.15) is 0 Å². The lowest BCUT2D eigenvalue weighted by molar-refractivity contribution is -0.273. The van der Waals surface area contributed by atoms with Gasteiger partial charge in [-0.3, -0.25) is 4.79 Å². The van der Waals surface area contributed by atoms with E-state index in [1.807, 2.05) is 6.92 Å². The highest BCUT2D eigenvalue weighted by molar-refractivity contribution is 5.76. The lowest BCUT2D eigenvalue weighted by atomic mass is 9.33. The van der Waals surface area contributed by atoms with E-state index in [0.29, 0.717) is 19.3 Å². The van der Waals surface area contributed by atoms with E-state index in [1.54, 1.807) is 0 Å².